The lowest BCUT2D eigenvalue weighted by atomic mass is 9.78. The van der Waals surface area contributed by atoms with Crippen LogP contribution in [0.4, 0.5) is 5.95 Å². The second kappa shape index (κ2) is 7.26. The number of nitrogens with one attached hydrogen (secondary N) is 1. The molecule has 1 aromatic heterocycles. The fourth-order valence-electron chi connectivity index (χ4n) is 3.59. The van der Waals surface area contributed by atoms with E-state index in [1.807, 2.05) is 6.20 Å². The van der Waals surface area contributed by atoms with Crippen molar-refractivity contribution in [2.45, 2.75) is 12.3 Å². The van der Waals surface area contributed by atoms with E-state index in [1.54, 1.807) is 0 Å². The van der Waals surface area contributed by atoms with Crippen LogP contribution in [0.15, 0.2) is 60.8 Å². The van der Waals surface area contributed by atoms with E-state index in [0.29, 0.717) is 11.9 Å². The van der Waals surface area contributed by atoms with E-state index in [0.717, 1.165) is 25.2 Å². The highest BCUT2D eigenvalue weighted by Gasteiger charge is 2.27. The Balaban J connectivity index is 1.69. The molecule has 1 unspecified atom stereocenters. The van der Waals surface area contributed by atoms with Crippen molar-refractivity contribution in [1.82, 2.24) is 14.9 Å². The predicted molar refractivity (Wildman–Crippen MR) is 107 cm³/mol. The monoisotopic (exact) mass is 344 g/mol. The van der Waals surface area contributed by atoms with E-state index in [4.69, 9.17) is 4.98 Å². The molecular formula is C22H24N4. The minimum absolute atomic E-state index is 0.357. The average molecular weight is 344 g/mol. The van der Waals surface area contributed by atoms with Gasteiger partial charge in [-0.15, -0.1) is 0 Å². The van der Waals surface area contributed by atoms with Crippen molar-refractivity contribution in [1.29, 1.82) is 0 Å². The summed E-state index contributed by atoms with van der Waals surface area (Å²) < 4.78 is 0. The smallest absolute Gasteiger partial charge is 0.223 e. The van der Waals surface area contributed by atoms with Crippen LogP contribution in [-0.2, 0) is 6.42 Å². The Labute approximate surface area is 154 Å². The standard InChI is InChI=1S/C22H24N4/c1-26(2)13-12-23-22-24-15-17-14-20(16-8-4-3-5-9-16)18-10-6-7-11-19(18)21(17)25-22/h3-11,15,20H,12-14H2,1-2H3,(H,23,24,25). The first kappa shape index (κ1) is 16.7. The minimum Gasteiger partial charge on any atom is -0.353 e. The fourth-order valence-corrected chi connectivity index (χ4v) is 3.59. The first-order valence-electron chi connectivity index (χ1n) is 9.11. The Morgan fingerprint density at radius 2 is 1.81 bits per heavy atom. The van der Waals surface area contributed by atoms with Crippen LogP contribution in [0.5, 0.6) is 0 Å². The van der Waals surface area contributed by atoms with Crippen LogP contribution in [0.25, 0.3) is 11.3 Å². The molecule has 0 amide bonds. The van der Waals surface area contributed by atoms with Gasteiger partial charge in [0.05, 0.1) is 5.69 Å². The topological polar surface area (TPSA) is 41.0 Å². The van der Waals surface area contributed by atoms with Crippen LogP contribution < -0.4 is 5.32 Å². The average Bonchev–Trinajstić information content (AvgIpc) is 2.68. The number of fused-ring (bicyclic) bond motifs is 3. The number of nitrogens with zero attached hydrogens (tertiary/aromatic N) is 3. The van der Waals surface area contributed by atoms with Crippen LogP contribution in [0.3, 0.4) is 0 Å². The van der Waals surface area contributed by atoms with E-state index in [-0.39, 0.29) is 0 Å². The van der Waals surface area contributed by atoms with Crippen molar-refractivity contribution in [3.05, 3.63) is 77.5 Å². The lowest BCUT2D eigenvalue weighted by Gasteiger charge is -2.27. The molecule has 1 heterocycles. The summed E-state index contributed by atoms with van der Waals surface area (Å²) in [6.07, 6.45) is 2.93. The quantitative estimate of drug-likeness (QED) is 0.764. The van der Waals surface area contributed by atoms with Gasteiger partial charge in [0.25, 0.3) is 0 Å². The third-order valence-corrected chi connectivity index (χ3v) is 4.92. The van der Waals surface area contributed by atoms with Gasteiger partial charge < -0.3 is 10.2 Å². The molecule has 0 saturated carbocycles. The minimum atomic E-state index is 0.357. The fraction of sp³-hybridized carbons (Fsp3) is 0.273. The summed E-state index contributed by atoms with van der Waals surface area (Å²) in [5, 5.41) is 3.34. The van der Waals surface area contributed by atoms with Gasteiger partial charge in [-0.2, -0.15) is 0 Å². The Bertz CT molecular complexity index is 890. The van der Waals surface area contributed by atoms with Gasteiger partial charge in [-0.1, -0.05) is 54.6 Å². The lowest BCUT2D eigenvalue weighted by molar-refractivity contribution is 0.425. The number of rotatable bonds is 5. The second-order valence-electron chi connectivity index (χ2n) is 7.05. The second-order valence-corrected chi connectivity index (χ2v) is 7.05. The van der Waals surface area contributed by atoms with Crippen molar-refractivity contribution >= 4 is 5.95 Å². The van der Waals surface area contributed by atoms with Gasteiger partial charge >= 0.3 is 0 Å². The number of likely N-dealkylation sites (N-methyl/N-ethyl adjacent to an activating group) is 1. The van der Waals surface area contributed by atoms with E-state index < -0.39 is 0 Å². The molecule has 0 saturated heterocycles. The van der Waals surface area contributed by atoms with Gasteiger partial charge in [0.2, 0.25) is 5.95 Å². The zero-order valence-electron chi connectivity index (χ0n) is 15.3. The maximum absolute atomic E-state index is 4.84. The van der Waals surface area contributed by atoms with Gasteiger partial charge in [-0.3, -0.25) is 0 Å². The molecule has 1 N–H and O–H groups in total. The highest BCUT2D eigenvalue weighted by Crippen LogP contribution is 2.41. The SMILES string of the molecule is CN(C)CCNc1ncc2c(n1)-c1ccccc1C(c1ccccc1)C2. The summed E-state index contributed by atoms with van der Waals surface area (Å²) in [5.74, 6) is 1.06. The first-order valence-corrected chi connectivity index (χ1v) is 9.11. The predicted octanol–water partition coefficient (Wildman–Crippen LogP) is 3.81. The zero-order chi connectivity index (χ0) is 17.9. The number of anilines is 1. The normalized spacial score (nSPS) is 15.4. The summed E-state index contributed by atoms with van der Waals surface area (Å²) in [7, 11) is 4.13. The molecule has 0 spiro atoms. The Kier molecular flexibility index (Phi) is 4.67. The molecule has 0 bridgehead atoms. The van der Waals surface area contributed by atoms with Crippen LogP contribution in [-0.4, -0.2) is 42.1 Å². The number of hydrogen-bond donors (Lipinski definition) is 1. The molecule has 0 aliphatic heterocycles. The van der Waals surface area contributed by atoms with Gasteiger partial charge in [0.1, 0.15) is 0 Å². The van der Waals surface area contributed by atoms with Crippen molar-refractivity contribution < 1.29 is 0 Å². The van der Waals surface area contributed by atoms with E-state index in [9.17, 15) is 0 Å². The van der Waals surface area contributed by atoms with E-state index in [2.05, 4.69) is 83.9 Å². The van der Waals surface area contributed by atoms with Gasteiger partial charge in [0, 0.05) is 30.8 Å². The Morgan fingerprint density at radius 1 is 1.04 bits per heavy atom. The molecule has 132 valence electrons. The number of benzene rings is 2. The summed E-state index contributed by atoms with van der Waals surface area (Å²) in [6, 6.07) is 19.4. The molecular weight excluding hydrogens is 320 g/mol. The number of aromatic nitrogens is 2. The van der Waals surface area contributed by atoms with Crippen LogP contribution in [0.1, 0.15) is 22.6 Å². The molecule has 1 atom stereocenters. The summed E-state index contributed by atoms with van der Waals surface area (Å²) in [4.78, 5) is 11.5. The van der Waals surface area contributed by atoms with Crippen molar-refractivity contribution in [3.63, 3.8) is 0 Å². The Hall–Kier alpha value is -2.72. The highest BCUT2D eigenvalue weighted by atomic mass is 15.1. The molecule has 1 aliphatic rings. The maximum atomic E-state index is 4.84. The van der Waals surface area contributed by atoms with Crippen molar-refractivity contribution in [2.75, 3.05) is 32.5 Å². The summed E-state index contributed by atoms with van der Waals surface area (Å²) >= 11 is 0. The summed E-state index contributed by atoms with van der Waals surface area (Å²) in [6.45, 7) is 1.78. The molecule has 1 aliphatic carbocycles. The highest BCUT2D eigenvalue weighted by molar-refractivity contribution is 5.72. The van der Waals surface area contributed by atoms with Gasteiger partial charge in [0.15, 0.2) is 0 Å². The molecule has 4 rings (SSSR count). The van der Waals surface area contributed by atoms with E-state index >= 15 is 0 Å². The molecule has 2 aromatic carbocycles. The van der Waals surface area contributed by atoms with Gasteiger partial charge in [-0.05, 0) is 37.2 Å². The lowest BCUT2D eigenvalue weighted by Crippen LogP contribution is -2.22. The van der Waals surface area contributed by atoms with Crippen molar-refractivity contribution in [2.24, 2.45) is 0 Å². The van der Waals surface area contributed by atoms with E-state index in [1.165, 1.54) is 22.3 Å². The molecule has 4 heteroatoms. The van der Waals surface area contributed by atoms with Crippen LogP contribution in [0, 0.1) is 0 Å². The van der Waals surface area contributed by atoms with Crippen LogP contribution in [0.2, 0.25) is 0 Å². The summed E-state index contributed by atoms with van der Waals surface area (Å²) in [5.41, 5.74) is 6.20. The molecule has 26 heavy (non-hydrogen) atoms. The van der Waals surface area contributed by atoms with Gasteiger partial charge in [-0.25, -0.2) is 9.97 Å². The maximum Gasteiger partial charge on any atom is 0.223 e. The molecule has 3 aromatic rings. The Morgan fingerprint density at radius 3 is 2.62 bits per heavy atom. The number of hydrogen-bond acceptors (Lipinski definition) is 4. The molecule has 4 nitrogen and oxygen atoms in total. The zero-order valence-corrected chi connectivity index (χ0v) is 15.3. The largest absolute Gasteiger partial charge is 0.353 e. The first-order chi connectivity index (χ1) is 12.7. The third kappa shape index (κ3) is 3.33. The van der Waals surface area contributed by atoms with Crippen molar-refractivity contribution in [3.8, 4) is 11.3 Å². The molecule has 0 fully saturated rings. The third-order valence-electron chi connectivity index (χ3n) is 4.92. The van der Waals surface area contributed by atoms with Crippen LogP contribution >= 0.6 is 0 Å². The molecule has 0 radical (unpaired) electrons.